The maximum atomic E-state index is 14.5. The monoisotopic (exact) mass is 768 g/mol. The summed E-state index contributed by atoms with van der Waals surface area (Å²) < 4.78 is 25.8. The molecule has 0 radical (unpaired) electrons. The van der Waals surface area contributed by atoms with Crippen molar-refractivity contribution >= 4 is 23.9 Å². The van der Waals surface area contributed by atoms with Crippen LogP contribution in [0.15, 0.2) is 133 Å². The molecule has 0 bridgehead atoms. The van der Waals surface area contributed by atoms with Crippen molar-refractivity contribution in [3.63, 3.8) is 0 Å². The second-order valence-corrected chi connectivity index (χ2v) is 15.3. The maximum Gasteiger partial charge on any atom is 0.338 e. The Hall–Kier alpha value is -5.39. The van der Waals surface area contributed by atoms with Gasteiger partial charge in [0.15, 0.2) is 0 Å². The van der Waals surface area contributed by atoms with Crippen molar-refractivity contribution in [2.75, 3.05) is 20.2 Å². The first-order chi connectivity index (χ1) is 27.8. The molecule has 0 spiro atoms. The number of allylic oxidation sites excluding steroid dienone is 1. The molecule has 0 aromatic heterocycles. The summed E-state index contributed by atoms with van der Waals surface area (Å²) in [7, 11) is 1.59. The molecular weight excluding hydrogens is 721 g/mol. The summed E-state index contributed by atoms with van der Waals surface area (Å²) in [6.07, 6.45) is 8.03. The van der Waals surface area contributed by atoms with E-state index >= 15 is 0 Å². The number of esters is 1. The minimum Gasteiger partial charge on any atom is -0.456 e. The van der Waals surface area contributed by atoms with Crippen LogP contribution in [0.4, 0.5) is 0 Å². The lowest BCUT2D eigenvalue weighted by Crippen LogP contribution is -2.51. The molecule has 2 aliphatic heterocycles. The number of hydrogen-bond acceptors (Lipinski definition) is 8. The molecule has 8 rings (SSSR count). The Balaban J connectivity index is 1.07. The number of fused-ring (bicyclic) bond motifs is 2. The first kappa shape index (κ1) is 38.5. The Morgan fingerprint density at radius 3 is 2.19 bits per heavy atom. The van der Waals surface area contributed by atoms with E-state index < -0.39 is 47.9 Å². The zero-order chi connectivity index (χ0) is 39.4. The highest BCUT2D eigenvalue weighted by Gasteiger charge is 2.55. The number of epoxide rings is 1. The molecule has 10 heteroatoms. The molecule has 2 amide bonds. The summed E-state index contributed by atoms with van der Waals surface area (Å²) in [5, 5.41) is 12.2. The summed E-state index contributed by atoms with van der Waals surface area (Å²) in [4.78, 5) is 43.3. The average molecular weight is 769 g/mol. The SMILES string of the molecule is CN(C(=O)C1=C[C@H]2OC(c3ccccc3)(c3ccccc3)O[C@H]2[C@H](OC(=O)c2ccc(C=CC3CCC4OC4C3)cc2)C1)[C@H](Cc1ccccc1)C(=O)NCCO. The highest BCUT2D eigenvalue weighted by Crippen LogP contribution is 2.47. The minimum atomic E-state index is -1.36. The van der Waals surface area contributed by atoms with E-state index in [1.807, 2.05) is 103 Å². The topological polar surface area (TPSA) is 127 Å². The van der Waals surface area contributed by atoms with Crippen molar-refractivity contribution in [3.05, 3.63) is 161 Å². The maximum absolute atomic E-state index is 14.5. The van der Waals surface area contributed by atoms with Gasteiger partial charge in [0.1, 0.15) is 24.4 Å². The predicted octanol–water partition coefficient (Wildman–Crippen LogP) is 5.99. The van der Waals surface area contributed by atoms with Crippen LogP contribution in [0.1, 0.15) is 58.3 Å². The fourth-order valence-electron chi connectivity index (χ4n) is 8.28. The third kappa shape index (κ3) is 8.50. The van der Waals surface area contributed by atoms with Crippen LogP contribution in [0.5, 0.6) is 0 Å². The standard InChI is InChI=1S/C47H48N2O8/c1-49(38(44(51)48-25-26-50)27-32-11-5-2-6-12-32)45(52)35-29-41(55-46(53)34-22-19-31(20-23-34)17-18-33-21-24-39-40(28-33)54-39)43-42(30-35)56-47(57-43,36-13-7-3-8-14-36)37-15-9-4-10-16-37/h2-20,22-23,30,33,38-43,50H,21,24-29H2,1H3,(H,48,51)/t33?,38-,39?,40?,41-,42-,43+/m1/s1. The lowest BCUT2D eigenvalue weighted by Gasteiger charge is -2.33. The number of aliphatic hydroxyl groups is 1. The second kappa shape index (κ2) is 17.0. The van der Waals surface area contributed by atoms with Gasteiger partial charge in [-0.25, -0.2) is 4.79 Å². The largest absolute Gasteiger partial charge is 0.456 e. The number of rotatable bonds is 13. The van der Waals surface area contributed by atoms with Crippen molar-refractivity contribution in [1.82, 2.24) is 10.2 Å². The number of amides is 2. The lowest BCUT2D eigenvalue weighted by atomic mass is 9.89. The highest BCUT2D eigenvalue weighted by molar-refractivity contribution is 5.97. The molecule has 57 heavy (non-hydrogen) atoms. The first-order valence-corrected chi connectivity index (χ1v) is 19.8. The van der Waals surface area contributed by atoms with Gasteiger partial charge in [0.05, 0.1) is 24.4 Å². The molecule has 4 aromatic rings. The summed E-state index contributed by atoms with van der Waals surface area (Å²) in [5.74, 6) is -2.23. The Morgan fingerprint density at radius 1 is 0.877 bits per heavy atom. The zero-order valence-electron chi connectivity index (χ0n) is 31.9. The summed E-state index contributed by atoms with van der Waals surface area (Å²) in [6, 6.07) is 35.0. The molecule has 2 heterocycles. The van der Waals surface area contributed by atoms with Crippen molar-refractivity contribution < 1.29 is 38.4 Å². The zero-order valence-corrected chi connectivity index (χ0v) is 31.9. The molecular formula is C47H48N2O8. The molecule has 2 saturated heterocycles. The molecule has 2 N–H and O–H groups in total. The highest BCUT2D eigenvalue weighted by atomic mass is 16.8. The molecule has 3 fully saturated rings. The predicted molar refractivity (Wildman–Crippen MR) is 214 cm³/mol. The third-order valence-corrected chi connectivity index (χ3v) is 11.4. The molecule has 294 valence electrons. The molecule has 4 aromatic carbocycles. The smallest absolute Gasteiger partial charge is 0.338 e. The van der Waals surface area contributed by atoms with Crippen molar-refractivity contribution in [2.45, 2.75) is 74.5 Å². The van der Waals surface area contributed by atoms with Crippen molar-refractivity contribution in [2.24, 2.45) is 5.92 Å². The van der Waals surface area contributed by atoms with E-state index in [2.05, 4.69) is 17.5 Å². The van der Waals surface area contributed by atoms with Crippen LogP contribution in [0.3, 0.4) is 0 Å². The van der Waals surface area contributed by atoms with Gasteiger partial charge in [0.25, 0.3) is 0 Å². The number of ether oxygens (including phenoxy) is 4. The minimum absolute atomic E-state index is 0.0309. The Kier molecular flexibility index (Phi) is 11.5. The number of carbonyl (C=O) groups excluding carboxylic acids is 3. The van der Waals surface area contributed by atoms with Gasteiger partial charge in [0, 0.05) is 43.1 Å². The van der Waals surface area contributed by atoms with Crippen LogP contribution in [-0.4, -0.2) is 84.6 Å². The molecule has 1 saturated carbocycles. The number of likely N-dealkylation sites (N-methyl/N-ethyl adjacent to an activating group) is 1. The van der Waals surface area contributed by atoms with E-state index in [1.165, 1.54) is 4.90 Å². The first-order valence-electron chi connectivity index (χ1n) is 19.8. The number of nitrogens with zero attached hydrogens (tertiary/aromatic N) is 1. The van der Waals surface area contributed by atoms with Gasteiger partial charge in [-0.2, -0.15) is 0 Å². The molecule has 2 aliphatic carbocycles. The van der Waals surface area contributed by atoms with Gasteiger partial charge >= 0.3 is 5.97 Å². The summed E-state index contributed by atoms with van der Waals surface area (Å²) in [6.45, 7) is -0.183. The van der Waals surface area contributed by atoms with Crippen LogP contribution >= 0.6 is 0 Å². The van der Waals surface area contributed by atoms with Crippen molar-refractivity contribution in [1.29, 1.82) is 0 Å². The quantitative estimate of drug-likeness (QED) is 0.126. The van der Waals surface area contributed by atoms with E-state index in [9.17, 15) is 19.5 Å². The van der Waals surface area contributed by atoms with E-state index in [0.29, 0.717) is 29.3 Å². The number of benzene rings is 4. The molecule has 10 nitrogen and oxygen atoms in total. The van der Waals surface area contributed by atoms with Gasteiger partial charge in [-0.15, -0.1) is 0 Å². The number of carbonyl (C=O) groups is 3. The van der Waals surface area contributed by atoms with Crippen LogP contribution in [0.25, 0.3) is 6.08 Å². The normalized spacial score (nSPS) is 25.1. The summed E-state index contributed by atoms with van der Waals surface area (Å²) in [5.41, 5.74) is 4.05. The van der Waals surface area contributed by atoms with Crippen LogP contribution in [0, 0.1) is 5.92 Å². The molecule has 4 aliphatic rings. The fraction of sp³-hybridized carbons (Fsp3) is 0.340. The Labute approximate surface area is 333 Å². The number of nitrogens with one attached hydrogen (secondary N) is 1. The van der Waals surface area contributed by atoms with E-state index in [1.54, 1.807) is 25.3 Å². The van der Waals surface area contributed by atoms with Crippen LogP contribution in [-0.2, 0) is 40.7 Å². The Morgan fingerprint density at radius 2 is 1.54 bits per heavy atom. The molecule has 3 unspecified atom stereocenters. The van der Waals surface area contributed by atoms with Gasteiger partial charge in [0.2, 0.25) is 17.6 Å². The third-order valence-electron chi connectivity index (χ3n) is 11.4. The van der Waals surface area contributed by atoms with Crippen LogP contribution < -0.4 is 5.32 Å². The van der Waals surface area contributed by atoms with E-state index in [4.69, 9.17) is 18.9 Å². The molecule has 7 atom stereocenters. The Bertz CT molecular complexity index is 2050. The lowest BCUT2D eigenvalue weighted by molar-refractivity contribution is -0.157. The van der Waals surface area contributed by atoms with Crippen LogP contribution in [0.2, 0.25) is 0 Å². The number of hydrogen-bond donors (Lipinski definition) is 2. The fourth-order valence-corrected chi connectivity index (χ4v) is 8.28. The van der Waals surface area contributed by atoms with Crippen molar-refractivity contribution in [3.8, 4) is 0 Å². The van der Waals surface area contributed by atoms with Gasteiger partial charge in [-0.1, -0.05) is 115 Å². The summed E-state index contributed by atoms with van der Waals surface area (Å²) >= 11 is 0. The average Bonchev–Trinajstić information content (AvgIpc) is 3.93. The van der Waals surface area contributed by atoms with Gasteiger partial charge in [-0.3, -0.25) is 9.59 Å². The van der Waals surface area contributed by atoms with E-state index in [-0.39, 0.29) is 26.0 Å². The van der Waals surface area contributed by atoms with Gasteiger partial charge in [-0.05, 0) is 54.5 Å². The van der Waals surface area contributed by atoms with E-state index in [0.717, 1.165) is 41.5 Å². The number of aliphatic hydroxyl groups excluding tert-OH is 1. The van der Waals surface area contributed by atoms with Gasteiger partial charge < -0.3 is 34.3 Å². The second-order valence-electron chi connectivity index (χ2n) is 15.3.